The van der Waals surface area contributed by atoms with Gasteiger partial charge in [0, 0.05) is 10.9 Å². The number of pyridine rings is 1. The van der Waals surface area contributed by atoms with E-state index in [1.54, 1.807) is 0 Å². The van der Waals surface area contributed by atoms with Crippen LogP contribution in [-0.4, -0.2) is 27.4 Å². The van der Waals surface area contributed by atoms with Crippen molar-refractivity contribution in [3.8, 4) is 17.0 Å². The van der Waals surface area contributed by atoms with Crippen LogP contribution in [-0.2, 0) is 4.79 Å². The van der Waals surface area contributed by atoms with Crippen molar-refractivity contribution in [3.63, 3.8) is 0 Å². The van der Waals surface area contributed by atoms with Crippen LogP contribution >= 0.6 is 11.3 Å². The Bertz CT molecular complexity index is 1000. The van der Waals surface area contributed by atoms with Gasteiger partial charge in [0.1, 0.15) is 6.20 Å². The molecule has 0 saturated carbocycles. The number of nitrogens with zero attached hydrogens (tertiary/aromatic N) is 3. The van der Waals surface area contributed by atoms with Crippen molar-refractivity contribution < 1.29 is 14.5 Å². The van der Waals surface area contributed by atoms with E-state index in [1.807, 2.05) is 37.4 Å². The first-order chi connectivity index (χ1) is 12.9. The van der Waals surface area contributed by atoms with Crippen LogP contribution in [0.2, 0.25) is 0 Å². The number of anilines is 1. The van der Waals surface area contributed by atoms with Gasteiger partial charge in [-0.3, -0.25) is 10.1 Å². The highest BCUT2D eigenvalue weighted by Crippen LogP contribution is 2.27. The van der Waals surface area contributed by atoms with Crippen LogP contribution in [0, 0.1) is 24.0 Å². The Balaban J connectivity index is 1.63. The van der Waals surface area contributed by atoms with Crippen molar-refractivity contribution in [3.05, 3.63) is 63.1 Å². The van der Waals surface area contributed by atoms with Crippen LogP contribution < -0.4 is 10.1 Å². The highest BCUT2D eigenvalue weighted by Gasteiger charge is 2.17. The first-order valence-electron chi connectivity index (χ1n) is 7.99. The summed E-state index contributed by atoms with van der Waals surface area (Å²) >= 11 is 1.29. The second-order valence-corrected chi connectivity index (χ2v) is 6.61. The molecule has 0 radical (unpaired) electrons. The zero-order chi connectivity index (χ0) is 19.4. The molecule has 0 atom stereocenters. The van der Waals surface area contributed by atoms with Gasteiger partial charge in [0.2, 0.25) is 5.75 Å². The van der Waals surface area contributed by atoms with E-state index < -0.39 is 16.6 Å². The number of nitrogens with one attached hydrogen (secondary N) is 1. The number of aromatic nitrogens is 2. The van der Waals surface area contributed by atoms with Crippen LogP contribution in [0.15, 0.2) is 41.9 Å². The van der Waals surface area contributed by atoms with Crippen molar-refractivity contribution >= 4 is 28.2 Å². The van der Waals surface area contributed by atoms with E-state index in [0.717, 1.165) is 16.8 Å². The molecule has 2 aromatic heterocycles. The number of amides is 1. The van der Waals surface area contributed by atoms with Crippen LogP contribution in [0.1, 0.15) is 11.1 Å². The van der Waals surface area contributed by atoms with E-state index in [0.29, 0.717) is 5.13 Å². The van der Waals surface area contributed by atoms with Crippen molar-refractivity contribution in [2.75, 3.05) is 11.9 Å². The monoisotopic (exact) mass is 384 g/mol. The van der Waals surface area contributed by atoms with E-state index in [4.69, 9.17) is 4.74 Å². The summed E-state index contributed by atoms with van der Waals surface area (Å²) in [6.07, 6.45) is 1.29. The first kappa shape index (κ1) is 18.5. The summed E-state index contributed by atoms with van der Waals surface area (Å²) in [5, 5.41) is 15.8. The third-order valence-electron chi connectivity index (χ3n) is 3.84. The molecule has 1 N–H and O–H groups in total. The van der Waals surface area contributed by atoms with Gasteiger partial charge in [-0.25, -0.2) is 4.98 Å². The van der Waals surface area contributed by atoms with Crippen molar-refractivity contribution in [2.24, 2.45) is 0 Å². The maximum atomic E-state index is 12.1. The van der Waals surface area contributed by atoms with Gasteiger partial charge in [0.05, 0.1) is 5.69 Å². The molecule has 0 aliphatic carbocycles. The Hall–Kier alpha value is -3.33. The molecule has 138 valence electrons. The molecular weight excluding hydrogens is 368 g/mol. The molecule has 0 fully saturated rings. The van der Waals surface area contributed by atoms with Crippen molar-refractivity contribution in [1.82, 2.24) is 9.97 Å². The summed E-state index contributed by atoms with van der Waals surface area (Å²) < 4.78 is 5.21. The van der Waals surface area contributed by atoms with Gasteiger partial charge in [-0.2, -0.15) is 0 Å². The summed E-state index contributed by atoms with van der Waals surface area (Å²) in [6.45, 7) is 3.69. The fraction of sp³-hybridized carbons (Fsp3) is 0.167. The van der Waals surface area contributed by atoms with Gasteiger partial charge in [-0.15, -0.1) is 11.3 Å². The van der Waals surface area contributed by atoms with Crippen molar-refractivity contribution in [1.29, 1.82) is 0 Å². The molecule has 3 aromatic rings. The summed E-state index contributed by atoms with van der Waals surface area (Å²) in [4.78, 5) is 30.3. The predicted molar refractivity (Wildman–Crippen MR) is 102 cm³/mol. The first-order valence-corrected chi connectivity index (χ1v) is 8.87. The molecule has 8 nitrogen and oxygen atoms in total. The number of nitro groups is 1. The number of rotatable bonds is 6. The van der Waals surface area contributed by atoms with Gasteiger partial charge in [0.15, 0.2) is 11.7 Å². The minimum atomic E-state index is -0.663. The standard InChI is InChI=1S/C18H16N4O4S/c1-11-5-6-13(8-12(11)2)14-10-27-18(20-14)21-16(23)9-26-15-4-3-7-19-17(15)22(24)25/h3-8,10H,9H2,1-2H3,(H,20,21,23). The number of ether oxygens (including phenoxy) is 1. The van der Waals surface area contributed by atoms with E-state index in [2.05, 4.69) is 15.3 Å². The van der Waals surface area contributed by atoms with Gasteiger partial charge < -0.3 is 14.9 Å². The number of benzene rings is 1. The molecule has 0 aliphatic rings. The lowest BCUT2D eigenvalue weighted by Crippen LogP contribution is -2.20. The number of thiazole rings is 1. The van der Waals surface area contributed by atoms with Gasteiger partial charge in [-0.1, -0.05) is 12.1 Å². The topological polar surface area (TPSA) is 107 Å². The molecule has 9 heteroatoms. The molecule has 0 unspecified atom stereocenters. The smallest absolute Gasteiger partial charge is 0.406 e. The number of carbonyl (C=O) groups is 1. The SMILES string of the molecule is Cc1ccc(-c2csc(NC(=O)COc3cccnc3[N+](=O)[O-])n2)cc1C. The van der Waals surface area contributed by atoms with E-state index in [-0.39, 0.29) is 12.4 Å². The lowest BCUT2D eigenvalue weighted by molar-refractivity contribution is -0.390. The number of hydrogen-bond acceptors (Lipinski definition) is 7. The van der Waals surface area contributed by atoms with Crippen LogP contribution in [0.3, 0.4) is 0 Å². The summed E-state index contributed by atoms with van der Waals surface area (Å²) in [7, 11) is 0. The molecule has 0 aliphatic heterocycles. The minimum absolute atomic E-state index is 0.0624. The zero-order valence-corrected chi connectivity index (χ0v) is 15.4. The fourth-order valence-electron chi connectivity index (χ4n) is 2.30. The molecule has 0 saturated heterocycles. The lowest BCUT2D eigenvalue weighted by atomic mass is 10.1. The molecule has 0 spiro atoms. The normalized spacial score (nSPS) is 10.4. The number of carbonyl (C=O) groups excluding carboxylic acids is 1. The molecule has 1 amide bonds. The van der Waals surface area contributed by atoms with Crippen LogP contribution in [0.5, 0.6) is 5.75 Å². The quantitative estimate of drug-likeness (QED) is 0.512. The number of aryl methyl sites for hydroxylation is 2. The van der Waals surface area contributed by atoms with Crippen LogP contribution in [0.25, 0.3) is 11.3 Å². The second kappa shape index (κ2) is 7.92. The average molecular weight is 384 g/mol. The molecule has 27 heavy (non-hydrogen) atoms. The highest BCUT2D eigenvalue weighted by atomic mass is 32.1. The minimum Gasteiger partial charge on any atom is -0.476 e. The lowest BCUT2D eigenvalue weighted by Gasteiger charge is -2.05. The molecule has 3 rings (SSSR count). The maximum absolute atomic E-state index is 12.1. The number of hydrogen-bond donors (Lipinski definition) is 1. The third kappa shape index (κ3) is 4.45. The Kier molecular flexibility index (Phi) is 5.41. The Morgan fingerprint density at radius 2 is 2.11 bits per heavy atom. The predicted octanol–water partition coefficient (Wildman–Crippen LogP) is 3.75. The van der Waals surface area contributed by atoms with Crippen molar-refractivity contribution in [2.45, 2.75) is 13.8 Å². The van der Waals surface area contributed by atoms with E-state index >= 15 is 0 Å². The van der Waals surface area contributed by atoms with Crippen LogP contribution in [0.4, 0.5) is 10.9 Å². The zero-order valence-electron chi connectivity index (χ0n) is 14.6. The second-order valence-electron chi connectivity index (χ2n) is 5.76. The molecule has 1 aromatic carbocycles. The highest BCUT2D eigenvalue weighted by molar-refractivity contribution is 7.14. The third-order valence-corrected chi connectivity index (χ3v) is 4.59. The van der Waals surface area contributed by atoms with E-state index in [9.17, 15) is 14.9 Å². The summed E-state index contributed by atoms with van der Waals surface area (Å²) in [5.41, 5.74) is 4.10. The Labute approximate surface area is 159 Å². The molecular formula is C18H16N4O4S. The average Bonchev–Trinajstić information content (AvgIpc) is 3.11. The summed E-state index contributed by atoms with van der Waals surface area (Å²) in [5.74, 6) is -0.960. The largest absolute Gasteiger partial charge is 0.476 e. The van der Waals surface area contributed by atoms with Gasteiger partial charge in [0.25, 0.3) is 5.91 Å². The summed E-state index contributed by atoms with van der Waals surface area (Å²) in [6, 6.07) is 8.93. The maximum Gasteiger partial charge on any atom is 0.406 e. The van der Waals surface area contributed by atoms with Gasteiger partial charge >= 0.3 is 5.82 Å². The Morgan fingerprint density at radius 1 is 1.30 bits per heavy atom. The van der Waals surface area contributed by atoms with E-state index in [1.165, 1.54) is 35.2 Å². The molecule has 0 bridgehead atoms. The Morgan fingerprint density at radius 3 is 2.85 bits per heavy atom. The fourth-order valence-corrected chi connectivity index (χ4v) is 3.03. The molecule has 2 heterocycles. The van der Waals surface area contributed by atoms with Gasteiger partial charge in [-0.05, 0) is 53.1 Å².